The summed E-state index contributed by atoms with van der Waals surface area (Å²) < 4.78 is 0. The maximum atomic E-state index is 12.2. The van der Waals surface area contributed by atoms with Crippen LogP contribution in [0.4, 0.5) is 4.79 Å². The van der Waals surface area contributed by atoms with Crippen molar-refractivity contribution in [1.82, 2.24) is 20.4 Å². The van der Waals surface area contributed by atoms with Crippen LogP contribution in [0, 0.1) is 0 Å². The lowest BCUT2D eigenvalue weighted by Gasteiger charge is -2.35. The van der Waals surface area contributed by atoms with Gasteiger partial charge in [0, 0.05) is 37.6 Å². The van der Waals surface area contributed by atoms with Crippen molar-refractivity contribution in [2.45, 2.75) is 18.9 Å². The minimum Gasteiger partial charge on any atom is -0.340 e. The highest BCUT2D eigenvalue weighted by Crippen LogP contribution is 2.12. The number of nitrogens with one attached hydrogen (secondary N) is 2. The molecule has 1 aromatic heterocycles. The van der Waals surface area contributed by atoms with Crippen molar-refractivity contribution < 1.29 is 14.4 Å². The van der Waals surface area contributed by atoms with Crippen LogP contribution in [-0.2, 0) is 16.0 Å². The van der Waals surface area contributed by atoms with E-state index in [2.05, 4.69) is 33.0 Å². The first-order chi connectivity index (χ1) is 11.1. The van der Waals surface area contributed by atoms with Gasteiger partial charge in [-0.3, -0.25) is 19.8 Å². The molecule has 4 amide bonds. The van der Waals surface area contributed by atoms with E-state index in [-0.39, 0.29) is 12.3 Å². The normalized spacial score (nSPS) is 22.1. The molecule has 1 unspecified atom stereocenters. The van der Waals surface area contributed by atoms with Crippen LogP contribution in [0.3, 0.4) is 0 Å². The zero-order chi connectivity index (χ0) is 16.2. The molecule has 2 aliphatic heterocycles. The van der Waals surface area contributed by atoms with Crippen molar-refractivity contribution in [3.63, 3.8) is 0 Å². The van der Waals surface area contributed by atoms with Crippen molar-refractivity contribution in [2.24, 2.45) is 0 Å². The van der Waals surface area contributed by atoms with Gasteiger partial charge in [0.25, 0.3) is 5.91 Å². The SMILES string of the molecule is O=C1NC(=O)C(CC(=O)N2CCN(CCc3cccs3)CC2)N1. The van der Waals surface area contributed by atoms with Crippen molar-refractivity contribution >= 4 is 29.2 Å². The predicted molar refractivity (Wildman–Crippen MR) is 86.1 cm³/mol. The number of hydrogen-bond acceptors (Lipinski definition) is 5. The Bertz CT molecular complexity index is 582. The van der Waals surface area contributed by atoms with Gasteiger partial charge >= 0.3 is 6.03 Å². The highest BCUT2D eigenvalue weighted by Gasteiger charge is 2.33. The standard InChI is InChI=1S/C15H20N4O3S/c20-13(10-12-14(21)17-15(22)16-12)19-7-5-18(6-8-19)4-3-11-2-1-9-23-11/h1-2,9,12H,3-8,10H2,(H2,16,17,21,22). The molecule has 0 radical (unpaired) electrons. The summed E-state index contributed by atoms with van der Waals surface area (Å²) in [5.74, 6) is -0.497. The van der Waals surface area contributed by atoms with Gasteiger partial charge in [0.2, 0.25) is 5.91 Å². The fourth-order valence-electron chi connectivity index (χ4n) is 2.85. The lowest BCUT2D eigenvalue weighted by Crippen LogP contribution is -2.50. The quantitative estimate of drug-likeness (QED) is 0.744. The summed E-state index contributed by atoms with van der Waals surface area (Å²) in [7, 11) is 0. The molecule has 0 bridgehead atoms. The Morgan fingerprint density at radius 3 is 2.65 bits per heavy atom. The first kappa shape index (κ1) is 15.9. The predicted octanol–water partition coefficient (Wildman–Crippen LogP) is 0.0329. The summed E-state index contributed by atoms with van der Waals surface area (Å²) in [6, 6.07) is 2.96. The Balaban J connectivity index is 1.40. The number of piperazine rings is 1. The van der Waals surface area contributed by atoms with Crippen molar-refractivity contribution in [3.05, 3.63) is 22.4 Å². The third-order valence-electron chi connectivity index (χ3n) is 4.22. The minimum atomic E-state index is -0.730. The molecule has 0 aliphatic carbocycles. The molecule has 23 heavy (non-hydrogen) atoms. The average Bonchev–Trinajstić information content (AvgIpc) is 3.16. The van der Waals surface area contributed by atoms with E-state index in [1.165, 1.54) is 4.88 Å². The van der Waals surface area contributed by atoms with E-state index in [0.717, 1.165) is 26.1 Å². The largest absolute Gasteiger partial charge is 0.340 e. The molecule has 0 saturated carbocycles. The van der Waals surface area contributed by atoms with Crippen molar-refractivity contribution in [3.8, 4) is 0 Å². The molecule has 0 aromatic carbocycles. The molecule has 2 aliphatic rings. The second kappa shape index (κ2) is 7.10. The lowest BCUT2D eigenvalue weighted by atomic mass is 10.1. The molecule has 2 N–H and O–H groups in total. The topological polar surface area (TPSA) is 81.8 Å². The van der Waals surface area contributed by atoms with Crippen molar-refractivity contribution in [2.75, 3.05) is 32.7 Å². The van der Waals surface area contributed by atoms with Crippen LogP contribution < -0.4 is 10.6 Å². The highest BCUT2D eigenvalue weighted by molar-refractivity contribution is 7.09. The summed E-state index contributed by atoms with van der Waals surface area (Å²) in [4.78, 5) is 40.3. The number of hydrogen-bond donors (Lipinski definition) is 2. The molecule has 2 saturated heterocycles. The molecule has 124 valence electrons. The molecular weight excluding hydrogens is 316 g/mol. The molecule has 3 heterocycles. The molecule has 7 nitrogen and oxygen atoms in total. The van der Waals surface area contributed by atoms with Gasteiger partial charge in [-0.05, 0) is 17.9 Å². The number of carbonyl (C=O) groups is 3. The fraction of sp³-hybridized carbons (Fsp3) is 0.533. The molecule has 1 aromatic rings. The van der Waals surface area contributed by atoms with E-state index >= 15 is 0 Å². The number of carbonyl (C=O) groups excluding carboxylic acids is 3. The van der Waals surface area contributed by atoms with E-state index < -0.39 is 18.0 Å². The maximum Gasteiger partial charge on any atom is 0.322 e. The summed E-state index contributed by atoms with van der Waals surface area (Å²) in [5.41, 5.74) is 0. The van der Waals surface area contributed by atoms with Gasteiger partial charge in [-0.2, -0.15) is 0 Å². The number of thiophene rings is 1. The second-order valence-corrected chi connectivity index (χ2v) is 6.80. The van der Waals surface area contributed by atoms with Crippen LogP contribution in [0.5, 0.6) is 0 Å². The monoisotopic (exact) mass is 336 g/mol. The Hall–Kier alpha value is -1.93. The maximum absolute atomic E-state index is 12.2. The van der Waals surface area contributed by atoms with Gasteiger partial charge < -0.3 is 10.2 Å². The summed E-state index contributed by atoms with van der Waals surface area (Å²) >= 11 is 1.77. The third kappa shape index (κ3) is 4.08. The summed E-state index contributed by atoms with van der Waals surface area (Å²) in [5, 5.41) is 6.69. The van der Waals surface area contributed by atoms with Crippen LogP contribution in [-0.4, -0.2) is 66.4 Å². The summed E-state index contributed by atoms with van der Waals surface area (Å²) in [6.45, 7) is 4.04. The Morgan fingerprint density at radius 1 is 1.26 bits per heavy atom. The molecule has 2 fully saturated rings. The number of rotatable bonds is 5. The van der Waals surface area contributed by atoms with E-state index in [9.17, 15) is 14.4 Å². The molecule has 0 spiro atoms. The second-order valence-electron chi connectivity index (χ2n) is 5.77. The highest BCUT2D eigenvalue weighted by atomic mass is 32.1. The van der Waals surface area contributed by atoms with Crippen molar-refractivity contribution in [1.29, 1.82) is 0 Å². The van der Waals surface area contributed by atoms with Crippen LogP contribution in [0.1, 0.15) is 11.3 Å². The molecule has 1 atom stereocenters. The van der Waals surface area contributed by atoms with E-state index in [1.54, 1.807) is 16.2 Å². The lowest BCUT2D eigenvalue weighted by molar-refractivity contribution is -0.135. The van der Waals surface area contributed by atoms with Crippen LogP contribution >= 0.6 is 11.3 Å². The zero-order valence-electron chi connectivity index (χ0n) is 12.8. The first-order valence-corrected chi connectivity index (χ1v) is 8.63. The first-order valence-electron chi connectivity index (χ1n) is 7.75. The molecular formula is C15H20N4O3S. The van der Waals surface area contributed by atoms with Gasteiger partial charge in [-0.15, -0.1) is 11.3 Å². The number of nitrogens with zero attached hydrogens (tertiary/aromatic N) is 2. The van der Waals surface area contributed by atoms with E-state index in [4.69, 9.17) is 0 Å². The van der Waals surface area contributed by atoms with Gasteiger partial charge in [0.1, 0.15) is 6.04 Å². The minimum absolute atomic E-state index is 0.0345. The van der Waals surface area contributed by atoms with Gasteiger partial charge in [0.05, 0.1) is 6.42 Å². The van der Waals surface area contributed by atoms with Crippen LogP contribution in [0.25, 0.3) is 0 Å². The third-order valence-corrected chi connectivity index (χ3v) is 5.15. The Labute approximate surface area is 138 Å². The van der Waals surface area contributed by atoms with E-state index in [1.807, 2.05) is 0 Å². The Morgan fingerprint density at radius 2 is 2.04 bits per heavy atom. The summed E-state index contributed by atoms with van der Waals surface area (Å²) in [6.07, 6.45) is 1.08. The number of amides is 4. The van der Waals surface area contributed by atoms with Crippen LogP contribution in [0.2, 0.25) is 0 Å². The van der Waals surface area contributed by atoms with E-state index in [0.29, 0.717) is 13.1 Å². The van der Waals surface area contributed by atoms with Gasteiger partial charge in [0.15, 0.2) is 0 Å². The zero-order valence-corrected chi connectivity index (χ0v) is 13.6. The van der Waals surface area contributed by atoms with Gasteiger partial charge in [-0.1, -0.05) is 6.07 Å². The Kier molecular flexibility index (Phi) is 4.92. The van der Waals surface area contributed by atoms with Crippen LogP contribution in [0.15, 0.2) is 17.5 Å². The smallest absolute Gasteiger partial charge is 0.322 e. The molecule has 3 rings (SSSR count). The average molecular weight is 336 g/mol. The number of imide groups is 1. The van der Waals surface area contributed by atoms with Gasteiger partial charge in [-0.25, -0.2) is 4.79 Å². The fourth-order valence-corrected chi connectivity index (χ4v) is 3.55. The molecule has 8 heteroatoms. The number of urea groups is 1.